The second-order valence-electron chi connectivity index (χ2n) is 9.93. The zero-order valence-electron chi connectivity index (χ0n) is 22.6. The molecule has 4 aliphatic rings. The summed E-state index contributed by atoms with van der Waals surface area (Å²) in [6, 6.07) is 11.7. The van der Waals surface area contributed by atoms with Crippen LogP contribution in [0.4, 0.5) is 28.9 Å². The van der Waals surface area contributed by atoms with Gasteiger partial charge in [0.05, 0.1) is 46.6 Å². The lowest BCUT2D eigenvalue weighted by Crippen LogP contribution is -2.23. The summed E-state index contributed by atoms with van der Waals surface area (Å²) in [7, 11) is 1.54. The number of ether oxygens (including phenoxy) is 3. The van der Waals surface area contributed by atoms with Gasteiger partial charge in [0.15, 0.2) is 0 Å². The van der Waals surface area contributed by atoms with E-state index in [-0.39, 0.29) is 24.6 Å². The number of nitrogens with zero attached hydrogens (tertiary/aromatic N) is 4. The molecular weight excluding hydrogens is 554 g/mol. The van der Waals surface area contributed by atoms with Gasteiger partial charge < -0.3 is 24.1 Å². The largest absolute Gasteiger partial charge is 0.572 e. The number of rotatable bonds is 6. The lowest BCUT2D eigenvalue weighted by molar-refractivity contribution is -0.306. The Morgan fingerprint density at radius 3 is 2.62 bits per heavy atom. The topological polar surface area (TPSA) is 82.8 Å². The molecule has 6 rings (SSSR count). The molecule has 1 N–H and O–H groups in total. The molecule has 1 aromatic heterocycles. The van der Waals surface area contributed by atoms with Crippen LogP contribution in [0.3, 0.4) is 0 Å². The third kappa shape index (κ3) is 5.94. The van der Waals surface area contributed by atoms with Crippen LogP contribution in [0.5, 0.6) is 5.88 Å². The van der Waals surface area contributed by atoms with Crippen LogP contribution in [-0.2, 0) is 9.47 Å². The first-order chi connectivity index (χ1) is 20.3. The fraction of sp³-hybridized carbons (Fsp3) is 0.300. The van der Waals surface area contributed by atoms with Crippen molar-refractivity contribution in [3.63, 3.8) is 0 Å². The van der Waals surface area contributed by atoms with E-state index >= 15 is 0 Å². The molecule has 218 valence electrons. The molecule has 3 heterocycles. The number of fused-ring (bicyclic) bond motifs is 2. The van der Waals surface area contributed by atoms with Gasteiger partial charge in [-0.05, 0) is 67.8 Å². The summed E-state index contributed by atoms with van der Waals surface area (Å²) >= 11 is 0. The van der Waals surface area contributed by atoms with Crippen molar-refractivity contribution in [2.45, 2.75) is 38.1 Å². The SMILES string of the molecule is COc1ncccc1Nc1cc2nc3ccc(F)cc3n(C3=CC=C(OC(F)(F)F)CC3)c-2cc1=NC1CCOCC1. The molecule has 0 saturated carbocycles. The van der Waals surface area contributed by atoms with Gasteiger partial charge in [0, 0.05) is 37.6 Å². The van der Waals surface area contributed by atoms with Crippen LogP contribution in [0, 0.1) is 5.82 Å². The van der Waals surface area contributed by atoms with Crippen molar-refractivity contribution >= 4 is 28.1 Å². The molecule has 1 fully saturated rings. The zero-order chi connectivity index (χ0) is 29.3. The number of pyridine rings is 1. The van der Waals surface area contributed by atoms with E-state index in [9.17, 15) is 17.6 Å². The van der Waals surface area contributed by atoms with Crippen LogP contribution in [0.15, 0.2) is 71.6 Å². The summed E-state index contributed by atoms with van der Waals surface area (Å²) in [4.78, 5) is 14.2. The van der Waals surface area contributed by atoms with Crippen molar-refractivity contribution < 1.29 is 31.8 Å². The van der Waals surface area contributed by atoms with E-state index in [0.717, 1.165) is 12.8 Å². The van der Waals surface area contributed by atoms with E-state index in [2.05, 4.69) is 15.0 Å². The van der Waals surface area contributed by atoms with Gasteiger partial charge >= 0.3 is 6.36 Å². The number of methoxy groups -OCH3 is 1. The van der Waals surface area contributed by atoms with E-state index in [1.807, 2.05) is 22.8 Å². The molecule has 0 unspecified atom stereocenters. The number of benzene rings is 2. The van der Waals surface area contributed by atoms with Gasteiger partial charge in [-0.3, -0.25) is 4.99 Å². The van der Waals surface area contributed by atoms with Crippen LogP contribution in [0.1, 0.15) is 25.7 Å². The van der Waals surface area contributed by atoms with Crippen LogP contribution >= 0.6 is 0 Å². The summed E-state index contributed by atoms with van der Waals surface area (Å²) < 4.78 is 69.9. The monoisotopic (exact) mass is 581 g/mol. The third-order valence-corrected chi connectivity index (χ3v) is 7.12. The highest BCUT2D eigenvalue weighted by Crippen LogP contribution is 2.35. The molecule has 12 heteroatoms. The number of hydrogen-bond donors (Lipinski definition) is 1. The summed E-state index contributed by atoms with van der Waals surface area (Å²) in [6.45, 7) is 1.21. The Kier molecular flexibility index (Phi) is 7.55. The molecule has 2 aliphatic carbocycles. The normalized spacial score (nSPS) is 16.8. The quantitative estimate of drug-likeness (QED) is 0.205. The molecule has 1 saturated heterocycles. The maximum atomic E-state index is 14.5. The summed E-state index contributed by atoms with van der Waals surface area (Å²) in [5, 5.41) is 4.03. The summed E-state index contributed by atoms with van der Waals surface area (Å²) in [5.74, 6) is -0.241. The minimum atomic E-state index is -4.77. The number of alkyl halides is 3. The molecule has 0 radical (unpaired) electrons. The predicted molar refractivity (Wildman–Crippen MR) is 149 cm³/mol. The van der Waals surface area contributed by atoms with Gasteiger partial charge in [-0.1, -0.05) is 0 Å². The Morgan fingerprint density at radius 2 is 1.88 bits per heavy atom. The lowest BCUT2D eigenvalue weighted by Gasteiger charge is -2.25. The Hall–Kier alpha value is -4.45. The number of halogens is 4. The molecule has 0 bridgehead atoms. The number of nitrogens with one attached hydrogen (secondary N) is 1. The van der Waals surface area contributed by atoms with Gasteiger partial charge in [-0.25, -0.2) is 14.4 Å². The van der Waals surface area contributed by atoms with Gasteiger partial charge in [0.1, 0.15) is 17.3 Å². The van der Waals surface area contributed by atoms with Crippen LogP contribution < -0.4 is 15.4 Å². The van der Waals surface area contributed by atoms with Gasteiger partial charge in [0.2, 0.25) is 5.88 Å². The minimum Gasteiger partial charge on any atom is -0.480 e. The Bertz CT molecular complexity index is 1720. The fourth-order valence-electron chi connectivity index (χ4n) is 5.21. The summed E-state index contributed by atoms with van der Waals surface area (Å²) in [5.41, 5.74) is 4.17. The average molecular weight is 582 g/mol. The molecule has 1 aromatic carbocycles. The zero-order valence-corrected chi connectivity index (χ0v) is 22.6. The molecule has 0 atom stereocenters. The van der Waals surface area contributed by atoms with Crippen molar-refractivity contribution in [1.82, 2.24) is 14.5 Å². The van der Waals surface area contributed by atoms with E-state index < -0.39 is 12.2 Å². The smallest absolute Gasteiger partial charge is 0.480 e. The first kappa shape index (κ1) is 27.7. The van der Waals surface area contributed by atoms with Crippen molar-refractivity contribution in [2.24, 2.45) is 4.99 Å². The predicted octanol–water partition coefficient (Wildman–Crippen LogP) is 6.56. The maximum Gasteiger partial charge on any atom is 0.572 e. The molecule has 2 aromatic rings. The first-order valence-corrected chi connectivity index (χ1v) is 13.5. The van der Waals surface area contributed by atoms with Gasteiger partial charge in [0.25, 0.3) is 0 Å². The van der Waals surface area contributed by atoms with Gasteiger partial charge in [-0.2, -0.15) is 0 Å². The van der Waals surface area contributed by atoms with Crippen LogP contribution in [0.25, 0.3) is 28.1 Å². The molecule has 0 amide bonds. The van der Waals surface area contributed by atoms with E-state index in [0.29, 0.717) is 63.9 Å². The minimum absolute atomic E-state index is 0.0192. The summed E-state index contributed by atoms with van der Waals surface area (Å²) in [6.07, 6.45) is 1.50. The Balaban J connectivity index is 1.57. The fourth-order valence-corrected chi connectivity index (χ4v) is 5.21. The number of anilines is 2. The molecule has 8 nitrogen and oxygen atoms in total. The van der Waals surface area contributed by atoms with E-state index in [4.69, 9.17) is 19.5 Å². The lowest BCUT2D eigenvalue weighted by atomic mass is 10.1. The molecular formula is C30H27F4N5O3. The molecule has 2 aliphatic heterocycles. The second kappa shape index (κ2) is 11.4. The Morgan fingerprint density at radius 1 is 1.05 bits per heavy atom. The maximum absolute atomic E-state index is 14.5. The third-order valence-electron chi connectivity index (χ3n) is 7.12. The number of hydrogen-bond acceptors (Lipinski definition) is 7. The second-order valence-corrected chi connectivity index (χ2v) is 9.93. The highest BCUT2D eigenvalue weighted by molar-refractivity contribution is 5.86. The van der Waals surface area contributed by atoms with Crippen LogP contribution in [-0.4, -0.2) is 47.3 Å². The molecule has 42 heavy (non-hydrogen) atoms. The standard InChI is InChI=1S/C30H27F4N5O3/c1-40-29-23(3-2-12-35-29)38-24-16-26-28(17-25(24)36-19-10-13-41-14-11-19)39(27-15-18(31)4-9-22(27)37-26)20-5-7-21(8-6-20)42-30(32,33)34/h2-5,7,9,12,15-17,19,38H,6,8,10-11,13-14H2,1H3. The van der Waals surface area contributed by atoms with E-state index in [1.54, 1.807) is 24.4 Å². The van der Waals surface area contributed by atoms with Crippen molar-refractivity contribution in [2.75, 3.05) is 25.6 Å². The highest BCUT2D eigenvalue weighted by atomic mass is 19.4. The number of allylic oxidation sites excluding steroid dienone is 4. The number of aromatic nitrogens is 3. The van der Waals surface area contributed by atoms with Crippen LogP contribution in [0.2, 0.25) is 0 Å². The molecule has 0 spiro atoms. The van der Waals surface area contributed by atoms with Crippen molar-refractivity contribution in [3.8, 4) is 17.3 Å². The van der Waals surface area contributed by atoms with Crippen molar-refractivity contribution in [1.29, 1.82) is 0 Å². The van der Waals surface area contributed by atoms with E-state index in [1.165, 1.54) is 25.3 Å². The first-order valence-electron chi connectivity index (χ1n) is 13.5. The average Bonchev–Trinajstić information content (AvgIpc) is 2.97. The van der Waals surface area contributed by atoms with Crippen molar-refractivity contribution in [3.05, 3.63) is 77.7 Å². The highest BCUT2D eigenvalue weighted by Gasteiger charge is 2.32. The van der Waals surface area contributed by atoms with Gasteiger partial charge in [-0.15, -0.1) is 13.2 Å². The Labute approximate surface area is 238 Å².